The molecule has 1 aliphatic heterocycles. The van der Waals surface area contributed by atoms with Crippen LogP contribution in [-0.4, -0.2) is 53.6 Å². The van der Waals surface area contributed by atoms with Crippen LogP contribution in [0.4, 0.5) is 0 Å². The molecule has 1 amide bonds. The quantitative estimate of drug-likeness (QED) is 0.832. The molecule has 4 nitrogen and oxygen atoms in total. The lowest BCUT2D eigenvalue weighted by atomic mass is 10.3. The molecule has 2 rings (SSSR count). The van der Waals surface area contributed by atoms with Crippen LogP contribution in [0.5, 0.6) is 0 Å². The Morgan fingerprint density at radius 2 is 2.25 bits per heavy atom. The maximum absolute atomic E-state index is 11.4. The molecule has 5 heteroatoms. The van der Waals surface area contributed by atoms with Gasteiger partial charge in [0.1, 0.15) is 6.61 Å². The highest BCUT2D eigenvalue weighted by Gasteiger charge is 2.16. The third-order valence-corrected chi connectivity index (χ3v) is 4.30. The van der Waals surface area contributed by atoms with Crippen molar-refractivity contribution in [3.05, 3.63) is 21.9 Å². The average molecular weight is 292 g/mol. The van der Waals surface area contributed by atoms with Gasteiger partial charge < -0.3 is 10.0 Å². The molecule has 1 aromatic heterocycles. The molecule has 0 unspecified atom stereocenters. The molecule has 20 heavy (non-hydrogen) atoms. The number of nitrogens with zero attached hydrogens (tertiary/aromatic N) is 2. The highest BCUT2D eigenvalue weighted by molar-refractivity contribution is 7.10. The third kappa shape index (κ3) is 4.34. The first-order valence-electron chi connectivity index (χ1n) is 6.84. The van der Waals surface area contributed by atoms with E-state index >= 15 is 0 Å². The summed E-state index contributed by atoms with van der Waals surface area (Å²) in [7, 11) is 0. The van der Waals surface area contributed by atoms with E-state index in [0.717, 1.165) is 44.7 Å². The summed E-state index contributed by atoms with van der Waals surface area (Å²) in [5.74, 6) is 5.76. The standard InChI is InChI=1S/C15H20N2O2S/c1-13(19)17-6-3-5-16(7-8-17)11-15-10-14(12-20-15)4-2-9-18/h10,12,18H,3,5-9,11H2,1H3. The van der Waals surface area contributed by atoms with Crippen molar-refractivity contribution in [2.24, 2.45) is 0 Å². The topological polar surface area (TPSA) is 43.8 Å². The molecule has 1 N–H and O–H groups in total. The van der Waals surface area contributed by atoms with Crippen LogP contribution in [0, 0.1) is 11.8 Å². The maximum atomic E-state index is 11.4. The summed E-state index contributed by atoms with van der Waals surface area (Å²) >= 11 is 1.70. The van der Waals surface area contributed by atoms with Crippen LogP contribution in [0.25, 0.3) is 0 Å². The molecule has 1 saturated heterocycles. The number of hydrogen-bond donors (Lipinski definition) is 1. The highest BCUT2D eigenvalue weighted by atomic mass is 32.1. The lowest BCUT2D eigenvalue weighted by Gasteiger charge is -2.20. The zero-order chi connectivity index (χ0) is 14.4. The van der Waals surface area contributed by atoms with Crippen LogP contribution in [0.15, 0.2) is 11.4 Å². The van der Waals surface area contributed by atoms with E-state index in [1.54, 1.807) is 18.3 Å². The zero-order valence-electron chi connectivity index (χ0n) is 11.8. The van der Waals surface area contributed by atoms with Crippen molar-refractivity contribution in [1.82, 2.24) is 9.80 Å². The summed E-state index contributed by atoms with van der Waals surface area (Å²) in [6, 6.07) is 2.08. The number of amides is 1. The Bertz CT molecular complexity index is 515. The summed E-state index contributed by atoms with van der Waals surface area (Å²) in [5.41, 5.74) is 0.972. The SMILES string of the molecule is CC(=O)N1CCCN(Cc2cc(C#CCO)cs2)CC1. The van der Waals surface area contributed by atoms with Crippen LogP contribution >= 0.6 is 11.3 Å². The summed E-state index contributed by atoms with van der Waals surface area (Å²) in [4.78, 5) is 17.0. The first-order chi connectivity index (χ1) is 9.69. The van der Waals surface area contributed by atoms with Gasteiger partial charge in [0, 0.05) is 55.5 Å². The molecule has 0 bridgehead atoms. The molecule has 1 aromatic rings. The molecular formula is C15H20N2O2S. The van der Waals surface area contributed by atoms with Gasteiger partial charge in [-0.15, -0.1) is 11.3 Å². The number of aliphatic hydroxyl groups excluding tert-OH is 1. The van der Waals surface area contributed by atoms with Gasteiger partial charge in [-0.1, -0.05) is 11.8 Å². The van der Waals surface area contributed by atoms with Crippen LogP contribution in [0.2, 0.25) is 0 Å². The molecule has 0 atom stereocenters. The predicted octanol–water partition coefficient (Wildman–Crippen LogP) is 1.15. The Morgan fingerprint density at radius 3 is 3.00 bits per heavy atom. The minimum Gasteiger partial charge on any atom is -0.384 e. The number of carbonyl (C=O) groups is 1. The molecule has 0 saturated carbocycles. The van der Waals surface area contributed by atoms with Crippen LogP contribution < -0.4 is 0 Å². The Labute approximate surface area is 124 Å². The third-order valence-electron chi connectivity index (χ3n) is 3.38. The van der Waals surface area contributed by atoms with E-state index in [4.69, 9.17) is 5.11 Å². The molecule has 1 fully saturated rings. The van der Waals surface area contributed by atoms with Gasteiger partial charge in [-0.25, -0.2) is 0 Å². The fraction of sp³-hybridized carbons (Fsp3) is 0.533. The fourth-order valence-electron chi connectivity index (χ4n) is 2.34. The van der Waals surface area contributed by atoms with Gasteiger partial charge >= 0.3 is 0 Å². The first-order valence-corrected chi connectivity index (χ1v) is 7.72. The zero-order valence-corrected chi connectivity index (χ0v) is 12.6. The lowest BCUT2D eigenvalue weighted by molar-refractivity contribution is -0.128. The minimum absolute atomic E-state index is 0.0990. The van der Waals surface area contributed by atoms with E-state index in [1.807, 2.05) is 10.3 Å². The van der Waals surface area contributed by atoms with Crippen molar-refractivity contribution in [2.45, 2.75) is 19.9 Å². The van der Waals surface area contributed by atoms with Crippen molar-refractivity contribution in [2.75, 3.05) is 32.8 Å². The van der Waals surface area contributed by atoms with Crippen molar-refractivity contribution in [3.8, 4) is 11.8 Å². The largest absolute Gasteiger partial charge is 0.384 e. The average Bonchev–Trinajstić information content (AvgIpc) is 2.72. The van der Waals surface area contributed by atoms with Gasteiger partial charge in [0.2, 0.25) is 5.91 Å². The number of aliphatic hydroxyl groups is 1. The molecule has 2 heterocycles. The van der Waals surface area contributed by atoms with E-state index in [9.17, 15) is 4.79 Å². The van der Waals surface area contributed by atoms with Crippen molar-refractivity contribution in [1.29, 1.82) is 0 Å². The smallest absolute Gasteiger partial charge is 0.219 e. The Morgan fingerprint density at radius 1 is 1.40 bits per heavy atom. The van der Waals surface area contributed by atoms with E-state index in [1.165, 1.54) is 4.88 Å². The van der Waals surface area contributed by atoms with Crippen LogP contribution in [0.3, 0.4) is 0 Å². The molecule has 0 radical (unpaired) electrons. The fourth-order valence-corrected chi connectivity index (χ4v) is 3.19. The Kier molecular flexibility index (Phi) is 5.60. The van der Waals surface area contributed by atoms with E-state index in [-0.39, 0.29) is 12.5 Å². The molecule has 0 aromatic carbocycles. The minimum atomic E-state index is -0.0990. The van der Waals surface area contributed by atoms with E-state index in [2.05, 4.69) is 22.8 Å². The van der Waals surface area contributed by atoms with Gasteiger partial charge in [-0.05, 0) is 12.5 Å². The molecule has 0 aliphatic carbocycles. The number of carbonyl (C=O) groups excluding carboxylic acids is 1. The van der Waals surface area contributed by atoms with E-state index < -0.39 is 0 Å². The van der Waals surface area contributed by atoms with Gasteiger partial charge in [-0.3, -0.25) is 9.69 Å². The van der Waals surface area contributed by atoms with Crippen LogP contribution in [-0.2, 0) is 11.3 Å². The number of thiophene rings is 1. The summed E-state index contributed by atoms with van der Waals surface area (Å²) in [5, 5.41) is 10.7. The normalized spacial score (nSPS) is 16.4. The van der Waals surface area contributed by atoms with Crippen molar-refractivity contribution >= 4 is 17.2 Å². The first kappa shape index (κ1) is 15.0. The second-order valence-electron chi connectivity index (χ2n) is 4.90. The predicted molar refractivity (Wildman–Crippen MR) is 80.4 cm³/mol. The summed E-state index contributed by atoms with van der Waals surface area (Å²) < 4.78 is 0. The summed E-state index contributed by atoms with van der Waals surface area (Å²) in [6.45, 7) is 6.09. The van der Waals surface area contributed by atoms with Gasteiger partial charge in [-0.2, -0.15) is 0 Å². The van der Waals surface area contributed by atoms with Crippen molar-refractivity contribution < 1.29 is 9.90 Å². The monoisotopic (exact) mass is 292 g/mol. The summed E-state index contributed by atoms with van der Waals surface area (Å²) in [6.07, 6.45) is 1.03. The van der Waals surface area contributed by atoms with Gasteiger partial charge in [0.05, 0.1) is 0 Å². The second-order valence-corrected chi connectivity index (χ2v) is 5.89. The maximum Gasteiger partial charge on any atom is 0.219 e. The van der Waals surface area contributed by atoms with Crippen molar-refractivity contribution in [3.63, 3.8) is 0 Å². The van der Waals surface area contributed by atoms with Gasteiger partial charge in [0.15, 0.2) is 0 Å². The van der Waals surface area contributed by atoms with Crippen LogP contribution in [0.1, 0.15) is 23.8 Å². The lowest BCUT2D eigenvalue weighted by Crippen LogP contribution is -2.33. The van der Waals surface area contributed by atoms with E-state index in [0.29, 0.717) is 0 Å². The molecule has 0 spiro atoms. The molecule has 108 valence electrons. The highest BCUT2D eigenvalue weighted by Crippen LogP contribution is 2.17. The second kappa shape index (κ2) is 7.44. The van der Waals surface area contributed by atoms with Gasteiger partial charge in [0.25, 0.3) is 0 Å². The number of hydrogen-bond acceptors (Lipinski definition) is 4. The molecule has 1 aliphatic rings. The molecular weight excluding hydrogens is 272 g/mol. The Balaban J connectivity index is 1.90. The number of rotatable bonds is 2. The Hall–Kier alpha value is -1.35.